The molecule has 1 amide bonds. The number of rotatable bonds is 6. The molecule has 3 aromatic carbocycles. The fourth-order valence-corrected chi connectivity index (χ4v) is 2.76. The minimum absolute atomic E-state index is 0.126. The zero-order valence-corrected chi connectivity index (χ0v) is 16.3. The number of aryl methyl sites for hydroxylation is 2. The number of amides is 1. The van der Waals surface area contributed by atoms with Crippen molar-refractivity contribution in [3.05, 3.63) is 101 Å². The fourth-order valence-electron chi connectivity index (χ4n) is 2.76. The van der Waals surface area contributed by atoms with Crippen LogP contribution >= 0.6 is 0 Å². The summed E-state index contributed by atoms with van der Waals surface area (Å²) in [6.07, 6.45) is 0. The lowest BCUT2D eigenvalue weighted by molar-refractivity contribution is -0.119. The highest BCUT2D eigenvalue weighted by atomic mass is 16.5. The summed E-state index contributed by atoms with van der Waals surface area (Å²) in [7, 11) is 0. The first-order valence-corrected chi connectivity index (χ1v) is 9.18. The van der Waals surface area contributed by atoms with Crippen molar-refractivity contribution in [2.24, 2.45) is 0 Å². The van der Waals surface area contributed by atoms with Crippen LogP contribution in [0.5, 0.6) is 0 Å². The van der Waals surface area contributed by atoms with Crippen LogP contribution in [0.2, 0.25) is 0 Å². The molecule has 5 nitrogen and oxygen atoms in total. The first kappa shape index (κ1) is 20.0. The average Bonchev–Trinajstić information content (AvgIpc) is 2.74. The van der Waals surface area contributed by atoms with Crippen LogP contribution in [-0.2, 0) is 9.53 Å². The molecule has 1 N–H and O–H groups in total. The van der Waals surface area contributed by atoms with Gasteiger partial charge in [0.15, 0.2) is 12.4 Å². The molecule has 0 heterocycles. The molecule has 0 aliphatic carbocycles. The average molecular weight is 387 g/mol. The first-order valence-electron chi connectivity index (χ1n) is 9.18. The zero-order chi connectivity index (χ0) is 20.8. The number of hydrogen-bond donors (Lipinski definition) is 1. The molecule has 0 radical (unpaired) electrons. The number of ketones is 1. The maximum absolute atomic E-state index is 12.8. The molecular weight excluding hydrogens is 366 g/mol. The van der Waals surface area contributed by atoms with Crippen LogP contribution in [0.4, 0.5) is 5.69 Å². The van der Waals surface area contributed by atoms with Gasteiger partial charge in [0.2, 0.25) is 0 Å². The second-order valence-corrected chi connectivity index (χ2v) is 6.73. The maximum atomic E-state index is 12.8. The molecule has 3 aromatic rings. The Morgan fingerprint density at radius 2 is 1.31 bits per heavy atom. The third kappa shape index (κ3) is 5.17. The lowest BCUT2D eigenvalue weighted by Gasteiger charge is -2.10. The summed E-state index contributed by atoms with van der Waals surface area (Å²) in [6, 6.07) is 20.8. The van der Waals surface area contributed by atoms with E-state index in [2.05, 4.69) is 5.32 Å². The van der Waals surface area contributed by atoms with Crippen molar-refractivity contribution in [3.63, 3.8) is 0 Å². The van der Waals surface area contributed by atoms with E-state index in [4.69, 9.17) is 4.74 Å². The normalized spacial score (nSPS) is 10.3. The van der Waals surface area contributed by atoms with Crippen LogP contribution in [0, 0.1) is 13.8 Å². The molecule has 0 saturated carbocycles. The maximum Gasteiger partial charge on any atom is 0.339 e. The molecule has 0 aliphatic rings. The Labute approximate surface area is 169 Å². The number of nitrogens with one attached hydrogen (secondary N) is 1. The summed E-state index contributed by atoms with van der Waals surface area (Å²) < 4.78 is 5.13. The minimum Gasteiger partial charge on any atom is -0.452 e. The van der Waals surface area contributed by atoms with Gasteiger partial charge in [-0.25, -0.2) is 4.79 Å². The Balaban J connectivity index is 1.68. The number of carbonyl (C=O) groups excluding carboxylic acids is 3. The van der Waals surface area contributed by atoms with Gasteiger partial charge in [-0.15, -0.1) is 0 Å². The topological polar surface area (TPSA) is 72.5 Å². The Morgan fingerprint density at radius 1 is 0.759 bits per heavy atom. The third-order valence-corrected chi connectivity index (χ3v) is 4.38. The molecule has 29 heavy (non-hydrogen) atoms. The van der Waals surface area contributed by atoms with Crippen LogP contribution in [0.15, 0.2) is 72.8 Å². The lowest BCUT2D eigenvalue weighted by Crippen LogP contribution is -2.22. The number of hydrogen-bond acceptors (Lipinski definition) is 4. The molecule has 0 bridgehead atoms. The smallest absolute Gasteiger partial charge is 0.339 e. The Hall–Kier alpha value is -3.73. The summed E-state index contributed by atoms with van der Waals surface area (Å²) in [5.41, 5.74) is 3.57. The number of ether oxygens (including phenoxy) is 1. The van der Waals surface area contributed by atoms with E-state index in [-0.39, 0.29) is 16.9 Å². The summed E-state index contributed by atoms with van der Waals surface area (Å²) in [4.78, 5) is 37.4. The standard InChI is InChI=1S/C24H21NO4/c1-16-7-11-18(12-8-16)23(27)20-5-3-4-6-21(20)24(28)29-15-22(26)25-19-13-9-17(2)10-14-19/h3-14H,15H2,1-2H3,(H,25,26). The van der Waals surface area contributed by atoms with E-state index in [1.54, 1.807) is 42.5 Å². The van der Waals surface area contributed by atoms with Gasteiger partial charge in [-0.1, -0.05) is 65.7 Å². The predicted molar refractivity (Wildman–Crippen MR) is 111 cm³/mol. The van der Waals surface area contributed by atoms with Crippen LogP contribution in [0.25, 0.3) is 0 Å². The quantitative estimate of drug-likeness (QED) is 0.505. The second-order valence-electron chi connectivity index (χ2n) is 6.73. The van der Waals surface area contributed by atoms with Gasteiger partial charge in [0, 0.05) is 16.8 Å². The van der Waals surface area contributed by atoms with Crippen molar-refractivity contribution < 1.29 is 19.1 Å². The zero-order valence-electron chi connectivity index (χ0n) is 16.3. The molecule has 0 aliphatic heterocycles. The van der Waals surface area contributed by atoms with Crippen molar-refractivity contribution in [2.75, 3.05) is 11.9 Å². The minimum atomic E-state index is -0.722. The van der Waals surface area contributed by atoms with Crippen molar-refractivity contribution >= 4 is 23.3 Å². The highest BCUT2D eigenvalue weighted by Gasteiger charge is 2.19. The molecule has 3 rings (SSSR count). The molecule has 0 spiro atoms. The second kappa shape index (κ2) is 8.97. The Morgan fingerprint density at radius 3 is 1.93 bits per heavy atom. The fraction of sp³-hybridized carbons (Fsp3) is 0.125. The molecule has 146 valence electrons. The van der Waals surface area contributed by atoms with Gasteiger partial charge < -0.3 is 10.1 Å². The number of esters is 1. The van der Waals surface area contributed by atoms with Crippen LogP contribution < -0.4 is 5.32 Å². The Kier molecular flexibility index (Phi) is 6.19. The van der Waals surface area contributed by atoms with E-state index in [0.29, 0.717) is 11.3 Å². The lowest BCUT2D eigenvalue weighted by atomic mass is 9.98. The number of benzene rings is 3. The summed E-state index contributed by atoms with van der Waals surface area (Å²) in [6.45, 7) is 3.43. The summed E-state index contributed by atoms with van der Waals surface area (Å²) in [5, 5.41) is 2.66. The number of anilines is 1. The van der Waals surface area contributed by atoms with E-state index in [1.165, 1.54) is 6.07 Å². The highest BCUT2D eigenvalue weighted by Crippen LogP contribution is 2.17. The molecule has 0 unspecified atom stereocenters. The predicted octanol–water partition coefficient (Wildman–Crippen LogP) is 4.33. The van der Waals surface area contributed by atoms with Crippen LogP contribution in [-0.4, -0.2) is 24.3 Å². The Bertz CT molecular complexity index is 1040. The van der Waals surface area contributed by atoms with Crippen LogP contribution in [0.3, 0.4) is 0 Å². The van der Waals surface area contributed by atoms with Gasteiger partial charge in [-0.3, -0.25) is 9.59 Å². The van der Waals surface area contributed by atoms with Crippen molar-refractivity contribution in [1.29, 1.82) is 0 Å². The van der Waals surface area contributed by atoms with E-state index >= 15 is 0 Å². The first-order chi connectivity index (χ1) is 13.9. The van der Waals surface area contributed by atoms with Gasteiger partial charge in [0.25, 0.3) is 5.91 Å². The van der Waals surface area contributed by atoms with Crippen molar-refractivity contribution in [3.8, 4) is 0 Å². The van der Waals surface area contributed by atoms with Gasteiger partial charge in [0.05, 0.1) is 5.56 Å². The van der Waals surface area contributed by atoms with Gasteiger partial charge >= 0.3 is 5.97 Å². The molecular formula is C24H21NO4. The van der Waals surface area contributed by atoms with Gasteiger partial charge in [-0.05, 0) is 32.0 Å². The SMILES string of the molecule is Cc1ccc(NC(=O)COC(=O)c2ccccc2C(=O)c2ccc(C)cc2)cc1. The summed E-state index contributed by atoms with van der Waals surface area (Å²) >= 11 is 0. The van der Waals surface area contributed by atoms with Gasteiger partial charge in [0.1, 0.15) is 0 Å². The van der Waals surface area contributed by atoms with Crippen molar-refractivity contribution in [1.82, 2.24) is 0 Å². The molecule has 0 fully saturated rings. The third-order valence-electron chi connectivity index (χ3n) is 4.38. The van der Waals surface area contributed by atoms with Crippen molar-refractivity contribution in [2.45, 2.75) is 13.8 Å². The summed E-state index contributed by atoms with van der Waals surface area (Å²) in [5.74, 6) is -1.45. The largest absolute Gasteiger partial charge is 0.452 e. The van der Waals surface area contributed by atoms with Crippen LogP contribution in [0.1, 0.15) is 37.4 Å². The van der Waals surface area contributed by atoms with E-state index in [1.807, 2.05) is 38.1 Å². The van der Waals surface area contributed by atoms with Gasteiger partial charge in [-0.2, -0.15) is 0 Å². The monoisotopic (exact) mass is 387 g/mol. The van der Waals surface area contributed by atoms with E-state index in [0.717, 1.165) is 11.1 Å². The molecule has 0 aromatic heterocycles. The van der Waals surface area contributed by atoms with E-state index in [9.17, 15) is 14.4 Å². The molecule has 0 saturated heterocycles. The molecule has 5 heteroatoms. The highest BCUT2D eigenvalue weighted by molar-refractivity contribution is 6.14. The van der Waals surface area contributed by atoms with E-state index < -0.39 is 18.5 Å². The molecule has 0 atom stereocenters. The number of carbonyl (C=O) groups is 3.